The molecule has 0 aliphatic heterocycles. The molecule has 1 rings (SSSR count). The summed E-state index contributed by atoms with van der Waals surface area (Å²) in [4.78, 5) is 0.888. The van der Waals surface area contributed by atoms with Crippen LogP contribution in [0.3, 0.4) is 0 Å². The van der Waals surface area contributed by atoms with Gasteiger partial charge in [0.1, 0.15) is 5.75 Å². The first-order chi connectivity index (χ1) is 5.74. The predicted octanol–water partition coefficient (Wildman–Crippen LogP) is 2.66. The summed E-state index contributed by atoms with van der Waals surface area (Å²) >= 11 is 7.03. The Morgan fingerprint density at radius 2 is 2.33 bits per heavy atom. The summed E-state index contributed by atoms with van der Waals surface area (Å²) in [5.74, 6) is 0.458. The molecule has 0 heterocycles. The average Bonchev–Trinajstić information content (AvgIpc) is 2.07. The van der Waals surface area contributed by atoms with Gasteiger partial charge in [-0.15, -0.1) is 11.8 Å². The summed E-state index contributed by atoms with van der Waals surface area (Å²) < 4.78 is 0. The molecule has 0 amide bonds. The Bertz CT molecular complexity index is 321. The fraction of sp³-hybridized carbons (Fsp3) is 0.125. The second-order valence-electron chi connectivity index (χ2n) is 2.06. The van der Waals surface area contributed by atoms with Gasteiger partial charge in [-0.3, -0.25) is 0 Å². The molecule has 1 aromatic carbocycles. The summed E-state index contributed by atoms with van der Waals surface area (Å²) in [6, 6.07) is 6.89. The molecule has 0 aromatic heterocycles. The molecule has 0 aliphatic rings. The molecule has 0 saturated heterocycles. The third-order valence-corrected chi connectivity index (χ3v) is 2.39. The summed E-state index contributed by atoms with van der Waals surface area (Å²) in [6.45, 7) is 0. The van der Waals surface area contributed by atoms with Crippen LogP contribution in [-0.2, 0) is 0 Å². The second-order valence-corrected chi connectivity index (χ2v) is 3.52. The minimum Gasteiger partial charge on any atom is -0.506 e. The maximum atomic E-state index is 9.06. The Morgan fingerprint density at radius 3 is 2.92 bits per heavy atom. The first kappa shape index (κ1) is 9.24. The van der Waals surface area contributed by atoms with Crippen LogP contribution < -0.4 is 0 Å². The largest absolute Gasteiger partial charge is 0.506 e. The maximum absolute atomic E-state index is 9.06. The zero-order valence-corrected chi connectivity index (χ0v) is 7.69. The lowest BCUT2D eigenvalue weighted by Gasteiger charge is -1.99. The van der Waals surface area contributed by atoms with E-state index in [1.807, 2.05) is 6.07 Å². The van der Waals surface area contributed by atoms with Crippen LogP contribution in [0.5, 0.6) is 5.75 Å². The second kappa shape index (κ2) is 4.24. The standard InChI is InChI=1S/C8H6ClNOS/c9-7-5-6(12-4-3-10)1-2-8(7)11/h1-2,5,11H,4H2. The van der Waals surface area contributed by atoms with E-state index in [1.54, 1.807) is 12.1 Å². The number of hydrogen-bond acceptors (Lipinski definition) is 3. The molecule has 0 fully saturated rings. The third kappa shape index (κ3) is 2.33. The molecule has 2 nitrogen and oxygen atoms in total. The van der Waals surface area contributed by atoms with Crippen molar-refractivity contribution in [1.29, 1.82) is 5.26 Å². The highest BCUT2D eigenvalue weighted by atomic mass is 35.5. The summed E-state index contributed by atoms with van der Waals surface area (Å²) in [7, 11) is 0. The van der Waals surface area contributed by atoms with Crippen molar-refractivity contribution in [3.63, 3.8) is 0 Å². The first-order valence-corrected chi connectivity index (χ1v) is 4.58. The monoisotopic (exact) mass is 199 g/mol. The Morgan fingerprint density at radius 1 is 1.58 bits per heavy atom. The Labute approximate surface area is 79.8 Å². The fourth-order valence-electron chi connectivity index (χ4n) is 0.693. The van der Waals surface area contributed by atoms with Crippen molar-refractivity contribution in [3.05, 3.63) is 23.2 Å². The topological polar surface area (TPSA) is 44.0 Å². The molecule has 0 bridgehead atoms. The molecular weight excluding hydrogens is 194 g/mol. The summed E-state index contributed by atoms with van der Waals surface area (Å²) in [5.41, 5.74) is 0. The van der Waals surface area contributed by atoms with Gasteiger partial charge in [-0.1, -0.05) is 11.6 Å². The van der Waals surface area contributed by atoms with Crippen molar-refractivity contribution >= 4 is 23.4 Å². The van der Waals surface area contributed by atoms with Gasteiger partial charge < -0.3 is 5.11 Å². The number of phenols is 1. The molecule has 1 N–H and O–H groups in total. The van der Waals surface area contributed by atoms with Gasteiger partial charge in [0.25, 0.3) is 0 Å². The van der Waals surface area contributed by atoms with Crippen LogP contribution in [-0.4, -0.2) is 10.9 Å². The molecular formula is C8H6ClNOS. The van der Waals surface area contributed by atoms with Crippen molar-refractivity contribution in [1.82, 2.24) is 0 Å². The van der Waals surface area contributed by atoms with Gasteiger partial charge in [0, 0.05) is 4.90 Å². The highest BCUT2D eigenvalue weighted by Gasteiger charge is 1.99. The molecule has 0 saturated carbocycles. The van der Waals surface area contributed by atoms with Crippen LogP contribution >= 0.6 is 23.4 Å². The van der Waals surface area contributed by atoms with Crippen LogP contribution in [0.15, 0.2) is 23.1 Å². The third-order valence-electron chi connectivity index (χ3n) is 1.22. The van der Waals surface area contributed by atoms with E-state index in [2.05, 4.69) is 0 Å². The van der Waals surface area contributed by atoms with Crippen molar-refractivity contribution in [3.8, 4) is 11.8 Å². The molecule has 62 valence electrons. The van der Waals surface area contributed by atoms with E-state index in [9.17, 15) is 0 Å². The van der Waals surface area contributed by atoms with E-state index < -0.39 is 0 Å². The van der Waals surface area contributed by atoms with Crippen molar-refractivity contribution in [2.75, 3.05) is 5.75 Å². The fourth-order valence-corrected chi connectivity index (χ4v) is 1.53. The number of rotatable bonds is 2. The Balaban J connectivity index is 2.77. The van der Waals surface area contributed by atoms with Crippen molar-refractivity contribution < 1.29 is 5.11 Å². The van der Waals surface area contributed by atoms with Gasteiger partial charge >= 0.3 is 0 Å². The zero-order valence-electron chi connectivity index (χ0n) is 6.12. The number of halogens is 1. The van der Waals surface area contributed by atoms with Gasteiger partial charge in [0.2, 0.25) is 0 Å². The maximum Gasteiger partial charge on any atom is 0.134 e. The van der Waals surface area contributed by atoms with Crippen molar-refractivity contribution in [2.24, 2.45) is 0 Å². The van der Waals surface area contributed by atoms with Crippen molar-refractivity contribution in [2.45, 2.75) is 4.90 Å². The average molecular weight is 200 g/mol. The number of thioether (sulfide) groups is 1. The lowest BCUT2D eigenvalue weighted by Crippen LogP contribution is -1.74. The van der Waals surface area contributed by atoms with Crippen LogP contribution in [0.25, 0.3) is 0 Å². The quantitative estimate of drug-likeness (QED) is 0.745. The van der Waals surface area contributed by atoms with Gasteiger partial charge in [0.05, 0.1) is 16.8 Å². The molecule has 0 radical (unpaired) electrons. The first-order valence-electron chi connectivity index (χ1n) is 3.22. The highest BCUT2D eigenvalue weighted by Crippen LogP contribution is 2.28. The number of hydrogen-bond donors (Lipinski definition) is 1. The van der Waals surface area contributed by atoms with E-state index in [-0.39, 0.29) is 5.75 Å². The van der Waals surface area contributed by atoms with E-state index in [4.69, 9.17) is 22.0 Å². The number of nitrogens with zero attached hydrogens (tertiary/aromatic N) is 1. The summed E-state index contributed by atoms with van der Waals surface area (Å²) in [5, 5.41) is 17.7. The van der Waals surface area contributed by atoms with Crippen LogP contribution in [0.4, 0.5) is 0 Å². The van der Waals surface area contributed by atoms with E-state index in [0.717, 1.165) is 4.90 Å². The number of phenolic OH excluding ortho intramolecular Hbond substituents is 1. The van der Waals surface area contributed by atoms with Crippen LogP contribution in [0.2, 0.25) is 5.02 Å². The normalized spacial score (nSPS) is 9.33. The predicted molar refractivity (Wildman–Crippen MR) is 49.5 cm³/mol. The molecule has 12 heavy (non-hydrogen) atoms. The number of benzene rings is 1. The highest BCUT2D eigenvalue weighted by molar-refractivity contribution is 7.99. The Hall–Kier alpha value is -0.850. The van der Waals surface area contributed by atoms with Crippen LogP contribution in [0, 0.1) is 11.3 Å². The van der Waals surface area contributed by atoms with E-state index in [1.165, 1.54) is 17.8 Å². The number of nitriles is 1. The lowest BCUT2D eigenvalue weighted by molar-refractivity contribution is 0.475. The minimum atomic E-state index is 0.0676. The number of aromatic hydroxyl groups is 1. The Kier molecular flexibility index (Phi) is 3.27. The van der Waals surface area contributed by atoms with Crippen LogP contribution in [0.1, 0.15) is 0 Å². The van der Waals surface area contributed by atoms with Gasteiger partial charge in [-0.05, 0) is 18.2 Å². The van der Waals surface area contributed by atoms with E-state index >= 15 is 0 Å². The molecule has 0 atom stereocenters. The smallest absolute Gasteiger partial charge is 0.134 e. The minimum absolute atomic E-state index is 0.0676. The van der Waals surface area contributed by atoms with Gasteiger partial charge in [0.15, 0.2) is 0 Å². The molecule has 0 aliphatic carbocycles. The zero-order chi connectivity index (χ0) is 8.97. The SMILES string of the molecule is N#CCSc1ccc(O)c(Cl)c1. The molecule has 0 unspecified atom stereocenters. The molecule has 0 spiro atoms. The van der Waals surface area contributed by atoms with Gasteiger partial charge in [-0.25, -0.2) is 0 Å². The summed E-state index contributed by atoms with van der Waals surface area (Å²) in [6.07, 6.45) is 0. The lowest BCUT2D eigenvalue weighted by atomic mass is 10.3. The molecule has 1 aromatic rings. The van der Waals surface area contributed by atoms with Gasteiger partial charge in [-0.2, -0.15) is 5.26 Å². The molecule has 4 heteroatoms. The van der Waals surface area contributed by atoms with E-state index in [0.29, 0.717) is 10.8 Å².